The fraction of sp³-hybridized carbons (Fsp3) is 0.250. The lowest BCUT2D eigenvalue weighted by atomic mass is 10.6. The van der Waals surface area contributed by atoms with Crippen LogP contribution in [0.25, 0.3) is 0 Å². The minimum absolute atomic E-state index is 0.764. The van der Waals surface area contributed by atoms with Crippen LogP contribution in [0.15, 0.2) is 12.2 Å². The van der Waals surface area contributed by atoms with E-state index in [-0.39, 0.29) is 0 Å². The summed E-state index contributed by atoms with van der Waals surface area (Å²) in [5.74, 6) is 0. The van der Waals surface area contributed by atoms with Crippen molar-refractivity contribution in [2.75, 3.05) is 5.33 Å². The lowest BCUT2D eigenvalue weighted by molar-refractivity contribution is 1.53. The molecule has 0 saturated heterocycles. The van der Waals surface area contributed by atoms with Gasteiger partial charge in [0.05, 0.1) is 6.07 Å². The molecule has 0 unspecified atom stereocenters. The van der Waals surface area contributed by atoms with Crippen LogP contribution in [0.5, 0.6) is 0 Å². The number of allylic oxidation sites excluding steroid dienone is 2. The van der Waals surface area contributed by atoms with Crippen molar-refractivity contribution in [3.63, 3.8) is 0 Å². The van der Waals surface area contributed by atoms with Gasteiger partial charge in [-0.3, -0.25) is 0 Å². The van der Waals surface area contributed by atoms with Crippen molar-refractivity contribution in [2.24, 2.45) is 0 Å². The van der Waals surface area contributed by atoms with E-state index in [1.165, 1.54) is 6.08 Å². The first-order chi connectivity index (χ1) is 2.91. The molecule has 1 nitrogen and oxygen atoms in total. The zero-order valence-corrected chi connectivity index (χ0v) is 4.77. The van der Waals surface area contributed by atoms with E-state index in [1.54, 1.807) is 6.08 Å². The first-order valence-corrected chi connectivity index (χ1v) is 2.64. The van der Waals surface area contributed by atoms with Gasteiger partial charge in [-0.25, -0.2) is 0 Å². The maximum Gasteiger partial charge on any atom is 0.0908 e. The van der Waals surface area contributed by atoms with Gasteiger partial charge in [0.1, 0.15) is 0 Å². The average molecular weight is 146 g/mol. The molecule has 0 atom stereocenters. The molecule has 0 rings (SSSR count). The van der Waals surface area contributed by atoms with Crippen molar-refractivity contribution >= 4 is 15.9 Å². The topological polar surface area (TPSA) is 23.8 Å². The standard InChI is InChI=1S/C4H4BrN/c5-3-1-2-4-6/h1-2H,3H2/b2-1+. The van der Waals surface area contributed by atoms with E-state index in [4.69, 9.17) is 5.26 Å². The Balaban J connectivity index is 3.02. The predicted octanol–water partition coefficient (Wildman–Crippen LogP) is 1.46. The fourth-order valence-electron chi connectivity index (χ4n) is 0.0972. The SMILES string of the molecule is N#C/C=C/CBr. The van der Waals surface area contributed by atoms with Crippen LogP contribution in [0.4, 0.5) is 0 Å². The smallest absolute Gasteiger partial charge is 0.0908 e. The van der Waals surface area contributed by atoms with Crippen LogP contribution in [-0.4, -0.2) is 5.33 Å². The molecule has 2 heteroatoms. The minimum atomic E-state index is 0.764. The van der Waals surface area contributed by atoms with Crippen molar-refractivity contribution in [1.82, 2.24) is 0 Å². The van der Waals surface area contributed by atoms with Crippen molar-refractivity contribution in [2.45, 2.75) is 0 Å². The second-order valence-corrected chi connectivity index (χ2v) is 1.33. The van der Waals surface area contributed by atoms with E-state index in [2.05, 4.69) is 15.9 Å². The summed E-state index contributed by atoms with van der Waals surface area (Å²) in [5.41, 5.74) is 0. The Labute approximate surface area is 45.4 Å². The Bertz CT molecular complexity index is 80.0. The van der Waals surface area contributed by atoms with Gasteiger partial charge in [0, 0.05) is 11.4 Å². The van der Waals surface area contributed by atoms with Crippen LogP contribution in [0.2, 0.25) is 0 Å². The van der Waals surface area contributed by atoms with E-state index < -0.39 is 0 Å². The van der Waals surface area contributed by atoms with Gasteiger partial charge in [-0.15, -0.1) is 0 Å². The van der Waals surface area contributed by atoms with E-state index in [1.807, 2.05) is 6.07 Å². The van der Waals surface area contributed by atoms with Gasteiger partial charge >= 0.3 is 0 Å². The largest absolute Gasteiger partial charge is 0.193 e. The van der Waals surface area contributed by atoms with E-state index in [9.17, 15) is 0 Å². The van der Waals surface area contributed by atoms with Crippen molar-refractivity contribution < 1.29 is 0 Å². The third-order valence-corrected chi connectivity index (χ3v) is 0.655. The van der Waals surface area contributed by atoms with Crippen LogP contribution in [0.3, 0.4) is 0 Å². The Morgan fingerprint density at radius 1 is 1.83 bits per heavy atom. The molecule has 0 fully saturated rings. The number of nitrogens with zero attached hydrogens (tertiary/aromatic N) is 1. The molecular weight excluding hydrogens is 142 g/mol. The molecule has 32 valence electrons. The highest BCUT2D eigenvalue weighted by atomic mass is 79.9. The summed E-state index contributed by atoms with van der Waals surface area (Å²) in [6, 6.07) is 1.86. The molecule has 0 amide bonds. The number of rotatable bonds is 1. The Morgan fingerprint density at radius 2 is 2.50 bits per heavy atom. The van der Waals surface area contributed by atoms with Gasteiger partial charge in [0.2, 0.25) is 0 Å². The highest BCUT2D eigenvalue weighted by Crippen LogP contribution is 1.78. The van der Waals surface area contributed by atoms with Crippen LogP contribution < -0.4 is 0 Å². The minimum Gasteiger partial charge on any atom is -0.193 e. The zero-order chi connectivity index (χ0) is 4.83. The molecule has 0 heterocycles. The third kappa shape index (κ3) is 3.71. The summed E-state index contributed by atoms with van der Waals surface area (Å²) in [5, 5.41) is 8.60. The quantitative estimate of drug-likeness (QED) is 0.405. The predicted molar refractivity (Wildman–Crippen MR) is 28.5 cm³/mol. The van der Waals surface area contributed by atoms with E-state index in [0.29, 0.717) is 0 Å². The third-order valence-electron chi connectivity index (χ3n) is 0.281. The molecule has 6 heavy (non-hydrogen) atoms. The summed E-state index contributed by atoms with van der Waals surface area (Å²) in [6.07, 6.45) is 3.18. The van der Waals surface area contributed by atoms with Crippen LogP contribution in [0.1, 0.15) is 0 Å². The summed E-state index contributed by atoms with van der Waals surface area (Å²) in [7, 11) is 0. The van der Waals surface area contributed by atoms with Gasteiger partial charge in [-0.05, 0) is 0 Å². The molecule has 0 aliphatic rings. The van der Waals surface area contributed by atoms with Crippen molar-refractivity contribution in [1.29, 1.82) is 5.26 Å². The maximum atomic E-state index is 7.84. The number of nitriles is 1. The number of hydrogen-bond acceptors (Lipinski definition) is 1. The highest BCUT2D eigenvalue weighted by molar-refractivity contribution is 9.09. The summed E-state index contributed by atoms with van der Waals surface area (Å²) in [4.78, 5) is 0. The average Bonchev–Trinajstić information content (AvgIpc) is 1.61. The number of halogens is 1. The molecule has 0 aliphatic heterocycles. The second kappa shape index (κ2) is 4.71. The number of alkyl halides is 1. The first kappa shape index (κ1) is 5.71. The molecule has 0 bridgehead atoms. The van der Waals surface area contributed by atoms with Crippen molar-refractivity contribution in [3.05, 3.63) is 12.2 Å². The lowest BCUT2D eigenvalue weighted by Gasteiger charge is -1.61. The molecule has 0 aromatic rings. The fourth-order valence-corrected chi connectivity index (χ4v) is 0.284. The molecule has 0 aromatic carbocycles. The molecule has 0 radical (unpaired) electrons. The van der Waals surface area contributed by atoms with Crippen LogP contribution in [-0.2, 0) is 0 Å². The van der Waals surface area contributed by atoms with Gasteiger partial charge in [-0.1, -0.05) is 22.0 Å². The molecular formula is C4H4BrN. The van der Waals surface area contributed by atoms with Gasteiger partial charge < -0.3 is 0 Å². The van der Waals surface area contributed by atoms with E-state index in [0.717, 1.165) is 5.33 Å². The Hall–Kier alpha value is -0.290. The highest BCUT2D eigenvalue weighted by Gasteiger charge is 1.59. The zero-order valence-electron chi connectivity index (χ0n) is 3.19. The molecule has 0 aromatic heterocycles. The summed E-state index contributed by atoms with van der Waals surface area (Å²) >= 11 is 3.11. The van der Waals surface area contributed by atoms with Crippen LogP contribution >= 0.6 is 15.9 Å². The Kier molecular flexibility index (Phi) is 4.48. The molecule has 0 N–H and O–H groups in total. The van der Waals surface area contributed by atoms with Crippen LogP contribution in [0, 0.1) is 11.3 Å². The van der Waals surface area contributed by atoms with Crippen molar-refractivity contribution in [3.8, 4) is 6.07 Å². The maximum absolute atomic E-state index is 7.84. The normalized spacial score (nSPS) is 8.67. The molecule has 0 spiro atoms. The monoisotopic (exact) mass is 145 g/mol. The second-order valence-electron chi connectivity index (χ2n) is 0.686. The number of hydrogen-bond donors (Lipinski definition) is 0. The van der Waals surface area contributed by atoms with Gasteiger partial charge in [0.15, 0.2) is 0 Å². The Morgan fingerprint density at radius 3 is 2.67 bits per heavy atom. The summed E-state index contributed by atoms with van der Waals surface area (Å²) in [6.45, 7) is 0. The van der Waals surface area contributed by atoms with E-state index >= 15 is 0 Å². The molecule has 0 aliphatic carbocycles. The summed E-state index contributed by atoms with van der Waals surface area (Å²) < 4.78 is 0. The van der Waals surface area contributed by atoms with Gasteiger partial charge in [-0.2, -0.15) is 5.26 Å². The van der Waals surface area contributed by atoms with Gasteiger partial charge in [0.25, 0.3) is 0 Å². The lowest BCUT2D eigenvalue weighted by Crippen LogP contribution is -1.52. The first-order valence-electron chi connectivity index (χ1n) is 1.52. The molecule has 0 saturated carbocycles.